The summed E-state index contributed by atoms with van der Waals surface area (Å²) < 4.78 is 12.0. The number of benzene rings is 1. The van der Waals surface area contributed by atoms with E-state index < -0.39 is 5.97 Å². The van der Waals surface area contributed by atoms with Crippen molar-refractivity contribution in [3.63, 3.8) is 0 Å². The highest BCUT2D eigenvalue weighted by Gasteiger charge is 2.27. The van der Waals surface area contributed by atoms with Gasteiger partial charge < -0.3 is 19.1 Å². The van der Waals surface area contributed by atoms with Gasteiger partial charge in [0.1, 0.15) is 17.0 Å². The molecule has 1 aromatic carbocycles. The molecule has 7 heteroatoms. The van der Waals surface area contributed by atoms with Crippen LogP contribution in [0.1, 0.15) is 23.9 Å². The Bertz CT molecular complexity index is 1060. The smallest absolute Gasteiger partial charge is 0.343 e. The van der Waals surface area contributed by atoms with Gasteiger partial charge in [-0.15, -0.1) is 0 Å². The molecule has 28 heavy (non-hydrogen) atoms. The highest BCUT2D eigenvalue weighted by Crippen LogP contribution is 2.31. The molecule has 0 saturated heterocycles. The highest BCUT2D eigenvalue weighted by atomic mass is 35.5. The summed E-state index contributed by atoms with van der Waals surface area (Å²) in [5, 5.41) is 10.9. The molecule has 3 rings (SSSR count). The summed E-state index contributed by atoms with van der Waals surface area (Å²) >= 11 is 6.27. The third-order valence-electron chi connectivity index (χ3n) is 4.67. The largest absolute Gasteiger partial charge is 0.505 e. The zero-order chi connectivity index (χ0) is 20.6. The molecule has 0 bridgehead atoms. The van der Waals surface area contributed by atoms with Crippen LogP contribution in [0.2, 0.25) is 5.02 Å². The fourth-order valence-electron chi connectivity index (χ4n) is 3.31. The fourth-order valence-corrected chi connectivity index (χ4v) is 3.56. The summed E-state index contributed by atoms with van der Waals surface area (Å²) in [6.07, 6.45) is 1.75. The first-order valence-electron chi connectivity index (χ1n) is 8.60. The van der Waals surface area contributed by atoms with Crippen molar-refractivity contribution in [3.8, 4) is 11.4 Å². The quantitative estimate of drug-likeness (QED) is 0.764. The fraction of sp³-hybridized carbons (Fsp3) is 0.238. The molecule has 0 unspecified atom stereocenters. The maximum absolute atomic E-state index is 11.9. The molecule has 0 atom stereocenters. The Labute approximate surface area is 168 Å². The number of aliphatic imine (C=N–C) groups is 1. The van der Waals surface area contributed by atoms with Crippen LogP contribution in [0, 0.1) is 13.8 Å². The van der Waals surface area contributed by atoms with E-state index in [4.69, 9.17) is 21.1 Å². The number of aliphatic hydroxyl groups is 1. The topological polar surface area (TPSA) is 73.0 Å². The molecule has 6 nitrogen and oxygen atoms in total. The predicted octanol–water partition coefficient (Wildman–Crippen LogP) is 4.56. The molecule has 2 aromatic rings. The molecule has 146 valence electrons. The Hall–Kier alpha value is -2.99. The third kappa shape index (κ3) is 3.31. The summed E-state index contributed by atoms with van der Waals surface area (Å²) in [6, 6.07) is 7.55. The van der Waals surface area contributed by atoms with Gasteiger partial charge in [0.25, 0.3) is 0 Å². The second kappa shape index (κ2) is 7.56. The van der Waals surface area contributed by atoms with Gasteiger partial charge in [-0.3, -0.25) is 0 Å². The number of carbonyl (C=O) groups excluding carboxylic acids is 1. The lowest BCUT2D eigenvalue weighted by Gasteiger charge is -2.12. The first-order valence-corrected chi connectivity index (χ1v) is 8.98. The Morgan fingerprint density at radius 3 is 2.54 bits per heavy atom. The maximum atomic E-state index is 11.9. The van der Waals surface area contributed by atoms with E-state index in [1.807, 2.05) is 42.7 Å². The monoisotopic (exact) mass is 400 g/mol. The van der Waals surface area contributed by atoms with Crippen LogP contribution in [0.4, 0.5) is 0 Å². The number of halogens is 1. The molecule has 0 amide bonds. The average molecular weight is 401 g/mol. The number of methoxy groups -OCH3 is 2. The molecule has 1 N–H and O–H groups in total. The number of hydrogen-bond acceptors (Lipinski definition) is 5. The summed E-state index contributed by atoms with van der Waals surface area (Å²) in [6.45, 7) is 5.60. The van der Waals surface area contributed by atoms with Crippen molar-refractivity contribution in [2.75, 3.05) is 14.2 Å². The molecular formula is C21H21ClN2O4. The molecule has 1 aromatic heterocycles. The van der Waals surface area contributed by atoms with Crippen molar-refractivity contribution in [2.45, 2.75) is 20.8 Å². The minimum absolute atomic E-state index is 0.0875. The molecule has 0 aliphatic carbocycles. The van der Waals surface area contributed by atoms with Crippen LogP contribution in [-0.2, 0) is 9.53 Å². The average Bonchev–Trinajstić information content (AvgIpc) is 3.09. The second-order valence-electron chi connectivity index (χ2n) is 6.42. The number of hydrogen-bond donors (Lipinski definition) is 1. The predicted molar refractivity (Wildman–Crippen MR) is 110 cm³/mol. The highest BCUT2D eigenvalue weighted by molar-refractivity contribution is 6.32. The summed E-state index contributed by atoms with van der Waals surface area (Å²) in [5.74, 6) is -0.182. The Balaban J connectivity index is 2.06. The molecule has 0 saturated carbocycles. The molecular weight excluding hydrogens is 380 g/mol. The van der Waals surface area contributed by atoms with E-state index in [0.717, 1.165) is 22.6 Å². The lowest BCUT2D eigenvalue weighted by Crippen LogP contribution is -2.11. The molecule has 0 fully saturated rings. The van der Waals surface area contributed by atoms with Crippen LogP contribution in [0.3, 0.4) is 0 Å². The van der Waals surface area contributed by atoms with Gasteiger partial charge in [-0.2, -0.15) is 0 Å². The van der Waals surface area contributed by atoms with Crippen molar-refractivity contribution >= 4 is 29.4 Å². The van der Waals surface area contributed by atoms with E-state index in [-0.39, 0.29) is 11.3 Å². The van der Waals surface area contributed by atoms with Gasteiger partial charge in [0, 0.05) is 17.1 Å². The minimum atomic E-state index is -0.611. The van der Waals surface area contributed by atoms with Gasteiger partial charge in [0.15, 0.2) is 5.76 Å². The summed E-state index contributed by atoms with van der Waals surface area (Å²) in [4.78, 5) is 16.2. The first kappa shape index (κ1) is 19.8. The van der Waals surface area contributed by atoms with Crippen molar-refractivity contribution in [2.24, 2.45) is 4.99 Å². The minimum Gasteiger partial charge on any atom is -0.505 e. The van der Waals surface area contributed by atoms with Crippen LogP contribution < -0.4 is 4.74 Å². The summed E-state index contributed by atoms with van der Waals surface area (Å²) in [5.41, 5.74) is 4.53. The lowest BCUT2D eigenvalue weighted by molar-refractivity contribution is -0.135. The Morgan fingerprint density at radius 2 is 1.93 bits per heavy atom. The number of aromatic nitrogens is 1. The third-order valence-corrected chi connectivity index (χ3v) is 4.97. The van der Waals surface area contributed by atoms with Gasteiger partial charge in [-0.25, -0.2) is 9.79 Å². The second-order valence-corrected chi connectivity index (χ2v) is 6.83. The number of nitrogens with zero attached hydrogens (tertiary/aromatic N) is 2. The Morgan fingerprint density at radius 1 is 1.21 bits per heavy atom. The maximum Gasteiger partial charge on any atom is 0.343 e. The van der Waals surface area contributed by atoms with Crippen molar-refractivity contribution in [1.29, 1.82) is 0 Å². The van der Waals surface area contributed by atoms with Gasteiger partial charge in [-0.05, 0) is 56.7 Å². The van der Waals surface area contributed by atoms with Crippen molar-refractivity contribution in [3.05, 3.63) is 63.3 Å². The zero-order valence-electron chi connectivity index (χ0n) is 16.3. The molecule has 2 heterocycles. The van der Waals surface area contributed by atoms with E-state index in [1.165, 1.54) is 7.11 Å². The van der Waals surface area contributed by atoms with Crippen LogP contribution >= 0.6 is 11.6 Å². The number of aryl methyl sites for hydroxylation is 1. The van der Waals surface area contributed by atoms with Gasteiger partial charge in [0.2, 0.25) is 0 Å². The molecule has 0 spiro atoms. The van der Waals surface area contributed by atoms with Gasteiger partial charge >= 0.3 is 5.97 Å². The van der Waals surface area contributed by atoms with Crippen LogP contribution in [0.15, 0.2) is 46.3 Å². The summed E-state index contributed by atoms with van der Waals surface area (Å²) in [7, 11) is 2.84. The zero-order valence-corrected chi connectivity index (χ0v) is 17.1. The number of esters is 1. The SMILES string of the molecule is COC(=O)C1=C(O)C(=Cc2cc(C)n(-c3ccc(OC)c(Cl)c3)c2C)N=C1C. The van der Waals surface area contributed by atoms with Crippen molar-refractivity contribution in [1.82, 2.24) is 4.57 Å². The van der Waals surface area contributed by atoms with E-state index in [2.05, 4.69) is 4.99 Å². The number of rotatable bonds is 4. The lowest BCUT2D eigenvalue weighted by atomic mass is 10.1. The molecule has 1 aliphatic rings. The Kier molecular flexibility index (Phi) is 5.34. The van der Waals surface area contributed by atoms with Crippen molar-refractivity contribution < 1.29 is 19.4 Å². The van der Waals surface area contributed by atoms with E-state index in [9.17, 15) is 9.90 Å². The van der Waals surface area contributed by atoms with Crippen LogP contribution in [0.5, 0.6) is 5.75 Å². The number of ether oxygens (including phenoxy) is 2. The molecule has 0 radical (unpaired) electrons. The van der Waals surface area contributed by atoms with E-state index in [1.54, 1.807) is 20.1 Å². The van der Waals surface area contributed by atoms with Crippen LogP contribution in [-0.4, -0.2) is 35.6 Å². The van der Waals surface area contributed by atoms with Gasteiger partial charge in [-0.1, -0.05) is 11.6 Å². The number of aliphatic hydroxyl groups excluding tert-OH is 1. The van der Waals surface area contributed by atoms with E-state index in [0.29, 0.717) is 22.2 Å². The normalized spacial score (nSPS) is 15.2. The molecule has 1 aliphatic heterocycles. The first-order chi connectivity index (χ1) is 13.3. The van der Waals surface area contributed by atoms with Gasteiger partial charge in [0.05, 0.1) is 25.0 Å². The number of carbonyl (C=O) groups is 1. The standard InChI is InChI=1S/C21H21ClN2O4/c1-11-8-14(9-17-20(25)19(12(2)23-17)21(26)28-5)13(3)24(11)15-6-7-18(27-4)16(22)10-15/h6-10,25H,1-5H3. The van der Waals surface area contributed by atoms with Crippen LogP contribution in [0.25, 0.3) is 11.8 Å². The van der Waals surface area contributed by atoms with E-state index >= 15 is 0 Å².